The van der Waals surface area contributed by atoms with Crippen molar-refractivity contribution < 1.29 is 5.11 Å². The van der Waals surface area contributed by atoms with Crippen LogP contribution in [0.5, 0.6) is 0 Å². The first-order chi connectivity index (χ1) is 4.99. The van der Waals surface area contributed by atoms with Crippen molar-refractivity contribution >= 4 is 0 Å². The second-order valence-electron chi connectivity index (χ2n) is 4.03. The van der Waals surface area contributed by atoms with Gasteiger partial charge in [0.2, 0.25) is 0 Å². The van der Waals surface area contributed by atoms with Gasteiger partial charge in [-0.15, -0.1) is 0 Å². The number of hydrogen-bond donors (Lipinski definition) is 1. The zero-order valence-electron chi connectivity index (χ0n) is 8.35. The van der Waals surface area contributed by atoms with E-state index >= 15 is 0 Å². The molecule has 68 valence electrons. The van der Waals surface area contributed by atoms with Crippen LogP contribution in [-0.4, -0.2) is 10.7 Å². The fraction of sp³-hybridized carbons (Fsp3) is 1.00. The summed E-state index contributed by atoms with van der Waals surface area (Å²) >= 11 is 0. The second-order valence-corrected chi connectivity index (χ2v) is 4.03. The molecule has 0 atom stereocenters. The van der Waals surface area contributed by atoms with E-state index in [0.717, 1.165) is 18.8 Å². The van der Waals surface area contributed by atoms with Crippen LogP contribution in [0.4, 0.5) is 0 Å². The lowest BCUT2D eigenvalue weighted by Gasteiger charge is -2.20. The van der Waals surface area contributed by atoms with Crippen LogP contribution in [0.3, 0.4) is 0 Å². The molecule has 0 unspecified atom stereocenters. The van der Waals surface area contributed by atoms with Gasteiger partial charge >= 0.3 is 0 Å². The van der Waals surface area contributed by atoms with Crippen molar-refractivity contribution in [2.45, 2.75) is 59.0 Å². The lowest BCUT2D eigenvalue weighted by molar-refractivity contribution is 0.0631. The van der Waals surface area contributed by atoms with Crippen LogP contribution in [0.15, 0.2) is 0 Å². The summed E-state index contributed by atoms with van der Waals surface area (Å²) in [6, 6.07) is 0. The van der Waals surface area contributed by atoms with E-state index in [9.17, 15) is 5.11 Å². The molecule has 0 aliphatic heterocycles. The van der Waals surface area contributed by atoms with E-state index in [4.69, 9.17) is 0 Å². The molecule has 0 spiro atoms. The van der Waals surface area contributed by atoms with Crippen molar-refractivity contribution in [1.29, 1.82) is 0 Å². The minimum atomic E-state index is -0.470. The maximum atomic E-state index is 9.46. The van der Waals surface area contributed by atoms with E-state index < -0.39 is 5.60 Å². The molecule has 0 heterocycles. The molecule has 1 nitrogen and oxygen atoms in total. The van der Waals surface area contributed by atoms with Crippen molar-refractivity contribution in [3.8, 4) is 0 Å². The Balaban J connectivity index is 3.51. The van der Waals surface area contributed by atoms with Crippen LogP contribution < -0.4 is 0 Å². The molecule has 11 heavy (non-hydrogen) atoms. The third-order valence-electron chi connectivity index (χ3n) is 2.32. The Morgan fingerprint density at radius 3 is 1.91 bits per heavy atom. The fourth-order valence-corrected chi connectivity index (χ4v) is 1.25. The van der Waals surface area contributed by atoms with E-state index in [1.165, 1.54) is 12.8 Å². The Kier molecular flexibility index (Phi) is 4.74. The minimum absolute atomic E-state index is 0.470. The molecule has 0 aliphatic rings. The lowest BCUT2D eigenvalue weighted by Crippen LogP contribution is -2.19. The quantitative estimate of drug-likeness (QED) is 0.652. The van der Waals surface area contributed by atoms with Crippen LogP contribution in [0.25, 0.3) is 0 Å². The third-order valence-corrected chi connectivity index (χ3v) is 2.32. The third kappa shape index (κ3) is 6.36. The highest BCUT2D eigenvalue weighted by molar-refractivity contribution is 4.67. The van der Waals surface area contributed by atoms with Gasteiger partial charge in [0.25, 0.3) is 0 Å². The summed E-state index contributed by atoms with van der Waals surface area (Å²) in [5, 5.41) is 9.46. The maximum Gasteiger partial charge on any atom is 0.0591 e. The number of rotatable bonds is 5. The molecule has 0 aliphatic carbocycles. The second kappa shape index (κ2) is 4.76. The van der Waals surface area contributed by atoms with Gasteiger partial charge in [-0.2, -0.15) is 0 Å². The molecule has 0 rings (SSSR count). The molecule has 0 aromatic rings. The van der Waals surface area contributed by atoms with Gasteiger partial charge in [-0.1, -0.05) is 26.7 Å². The van der Waals surface area contributed by atoms with Crippen molar-refractivity contribution in [3.63, 3.8) is 0 Å². The zero-order chi connectivity index (χ0) is 8.91. The Labute approximate surface area is 70.8 Å². The minimum Gasteiger partial charge on any atom is -0.390 e. The fourth-order valence-electron chi connectivity index (χ4n) is 1.25. The maximum absolute atomic E-state index is 9.46. The van der Waals surface area contributed by atoms with Crippen LogP contribution in [-0.2, 0) is 0 Å². The summed E-state index contributed by atoms with van der Waals surface area (Å²) < 4.78 is 0. The van der Waals surface area contributed by atoms with E-state index in [1.807, 2.05) is 13.8 Å². The average molecular weight is 158 g/mol. The monoisotopic (exact) mass is 158 g/mol. The van der Waals surface area contributed by atoms with Gasteiger partial charge in [0.15, 0.2) is 0 Å². The number of aliphatic hydroxyl groups is 1. The van der Waals surface area contributed by atoms with Gasteiger partial charge in [-0.05, 0) is 32.6 Å². The molecule has 0 radical (unpaired) electrons. The summed E-state index contributed by atoms with van der Waals surface area (Å²) in [7, 11) is 0. The molecular weight excluding hydrogens is 136 g/mol. The van der Waals surface area contributed by atoms with Gasteiger partial charge < -0.3 is 5.11 Å². The average Bonchev–Trinajstić information content (AvgIpc) is 1.88. The van der Waals surface area contributed by atoms with E-state index in [-0.39, 0.29) is 0 Å². The van der Waals surface area contributed by atoms with Gasteiger partial charge in [0, 0.05) is 0 Å². The molecule has 1 heteroatoms. The van der Waals surface area contributed by atoms with Gasteiger partial charge in [-0.25, -0.2) is 0 Å². The summed E-state index contributed by atoms with van der Waals surface area (Å²) in [5.41, 5.74) is -0.470. The van der Waals surface area contributed by atoms with Crippen LogP contribution in [0.1, 0.15) is 53.4 Å². The van der Waals surface area contributed by atoms with E-state index in [2.05, 4.69) is 13.8 Å². The molecular formula is C10H22O. The Morgan fingerprint density at radius 1 is 1.18 bits per heavy atom. The Bertz CT molecular complexity index is 87.5. The zero-order valence-corrected chi connectivity index (χ0v) is 8.35. The van der Waals surface area contributed by atoms with Crippen molar-refractivity contribution in [2.24, 2.45) is 5.92 Å². The van der Waals surface area contributed by atoms with Crippen molar-refractivity contribution in [2.75, 3.05) is 0 Å². The van der Waals surface area contributed by atoms with Crippen molar-refractivity contribution in [1.82, 2.24) is 0 Å². The summed E-state index contributed by atoms with van der Waals surface area (Å²) in [6.45, 7) is 8.21. The predicted molar refractivity (Wildman–Crippen MR) is 49.6 cm³/mol. The largest absolute Gasteiger partial charge is 0.390 e. The molecule has 0 fully saturated rings. The SMILES string of the molecule is CCC(CC)CCC(C)(C)O. The first-order valence-corrected chi connectivity index (χ1v) is 4.72. The van der Waals surface area contributed by atoms with Crippen LogP contribution >= 0.6 is 0 Å². The lowest BCUT2D eigenvalue weighted by atomic mass is 9.92. The molecule has 0 bridgehead atoms. The van der Waals surface area contributed by atoms with Crippen molar-refractivity contribution in [3.05, 3.63) is 0 Å². The molecule has 0 saturated carbocycles. The topological polar surface area (TPSA) is 20.2 Å². The highest BCUT2D eigenvalue weighted by atomic mass is 16.3. The van der Waals surface area contributed by atoms with Crippen LogP contribution in [0.2, 0.25) is 0 Å². The number of hydrogen-bond acceptors (Lipinski definition) is 1. The highest BCUT2D eigenvalue weighted by Gasteiger charge is 2.14. The normalized spacial score (nSPS) is 12.5. The molecule has 1 N–H and O–H groups in total. The first kappa shape index (κ1) is 11.0. The summed E-state index contributed by atoms with van der Waals surface area (Å²) in [5.74, 6) is 0.807. The predicted octanol–water partition coefficient (Wildman–Crippen LogP) is 2.97. The molecule has 0 amide bonds. The Morgan fingerprint density at radius 2 is 1.64 bits per heavy atom. The molecule has 0 aromatic heterocycles. The van der Waals surface area contributed by atoms with Gasteiger partial charge in [0.1, 0.15) is 0 Å². The standard InChI is InChI=1S/C10H22O/c1-5-9(6-2)7-8-10(3,4)11/h9,11H,5-8H2,1-4H3. The van der Waals surface area contributed by atoms with E-state index in [0.29, 0.717) is 0 Å². The van der Waals surface area contributed by atoms with Crippen LogP contribution in [0, 0.1) is 5.92 Å². The molecule has 0 aromatic carbocycles. The molecule has 0 saturated heterocycles. The summed E-state index contributed by atoms with van der Waals surface area (Å²) in [6.07, 6.45) is 4.58. The van der Waals surface area contributed by atoms with E-state index in [1.54, 1.807) is 0 Å². The summed E-state index contributed by atoms with van der Waals surface area (Å²) in [4.78, 5) is 0. The van der Waals surface area contributed by atoms with Gasteiger partial charge in [-0.3, -0.25) is 0 Å². The smallest absolute Gasteiger partial charge is 0.0591 e. The highest BCUT2D eigenvalue weighted by Crippen LogP contribution is 2.20. The first-order valence-electron chi connectivity index (χ1n) is 4.72. The Hall–Kier alpha value is -0.0400. The van der Waals surface area contributed by atoms with Gasteiger partial charge in [0.05, 0.1) is 5.60 Å².